The Labute approximate surface area is 125 Å². The molecule has 0 aromatic heterocycles. The fourth-order valence-electron chi connectivity index (χ4n) is 2.91. The third-order valence-electron chi connectivity index (χ3n) is 4.35. The first-order chi connectivity index (χ1) is 9.11. The molecule has 19 heavy (non-hydrogen) atoms. The van der Waals surface area contributed by atoms with E-state index in [0.717, 1.165) is 5.92 Å². The Morgan fingerprint density at radius 3 is 3.00 bits per heavy atom. The van der Waals surface area contributed by atoms with Gasteiger partial charge in [-0.15, -0.1) is 0 Å². The summed E-state index contributed by atoms with van der Waals surface area (Å²) in [4.78, 5) is 2.57. The maximum Gasteiger partial charge on any atom is 0.0383 e. The third-order valence-corrected chi connectivity index (χ3v) is 5.21. The minimum atomic E-state index is 0.530. The topological polar surface area (TPSA) is 15.3 Å². The SMILES string of the molecule is CCN1CCCC(C(C)Nc2cccc(Br)c2C)C1. The van der Waals surface area contributed by atoms with E-state index < -0.39 is 0 Å². The van der Waals surface area contributed by atoms with Crippen LogP contribution in [0.4, 0.5) is 5.69 Å². The molecule has 3 heteroatoms. The van der Waals surface area contributed by atoms with E-state index >= 15 is 0 Å². The number of likely N-dealkylation sites (tertiary alicyclic amines) is 1. The zero-order valence-corrected chi connectivity index (χ0v) is 13.8. The van der Waals surface area contributed by atoms with Crippen molar-refractivity contribution in [1.29, 1.82) is 0 Å². The van der Waals surface area contributed by atoms with Gasteiger partial charge in [0.25, 0.3) is 0 Å². The van der Waals surface area contributed by atoms with Crippen LogP contribution in [-0.2, 0) is 0 Å². The molecule has 1 fully saturated rings. The summed E-state index contributed by atoms with van der Waals surface area (Å²) in [6.45, 7) is 10.4. The maximum atomic E-state index is 3.71. The van der Waals surface area contributed by atoms with Crippen LogP contribution in [0.3, 0.4) is 0 Å². The van der Waals surface area contributed by atoms with E-state index in [-0.39, 0.29) is 0 Å². The minimum Gasteiger partial charge on any atom is -0.382 e. The molecule has 2 atom stereocenters. The highest BCUT2D eigenvalue weighted by Crippen LogP contribution is 2.27. The van der Waals surface area contributed by atoms with Gasteiger partial charge >= 0.3 is 0 Å². The zero-order chi connectivity index (χ0) is 13.8. The molecule has 1 aliphatic heterocycles. The van der Waals surface area contributed by atoms with Crippen LogP contribution in [0.25, 0.3) is 0 Å². The van der Waals surface area contributed by atoms with E-state index in [1.54, 1.807) is 0 Å². The van der Waals surface area contributed by atoms with Gasteiger partial charge < -0.3 is 10.2 Å². The largest absolute Gasteiger partial charge is 0.382 e. The summed E-state index contributed by atoms with van der Waals surface area (Å²) in [6.07, 6.45) is 2.68. The molecule has 1 aromatic carbocycles. The third kappa shape index (κ3) is 3.73. The molecule has 0 aliphatic carbocycles. The first kappa shape index (κ1) is 14.9. The van der Waals surface area contributed by atoms with Crippen molar-refractivity contribution >= 4 is 21.6 Å². The minimum absolute atomic E-state index is 0.530. The number of nitrogens with zero attached hydrogens (tertiary/aromatic N) is 1. The van der Waals surface area contributed by atoms with Crippen LogP contribution in [0.1, 0.15) is 32.3 Å². The van der Waals surface area contributed by atoms with Crippen molar-refractivity contribution in [3.8, 4) is 0 Å². The van der Waals surface area contributed by atoms with E-state index in [0.29, 0.717) is 6.04 Å². The van der Waals surface area contributed by atoms with Crippen molar-refractivity contribution in [3.05, 3.63) is 28.2 Å². The lowest BCUT2D eigenvalue weighted by Gasteiger charge is -2.36. The lowest BCUT2D eigenvalue weighted by atomic mass is 9.91. The van der Waals surface area contributed by atoms with Crippen molar-refractivity contribution in [2.45, 2.75) is 39.7 Å². The van der Waals surface area contributed by atoms with E-state index in [4.69, 9.17) is 0 Å². The number of anilines is 1. The van der Waals surface area contributed by atoms with Gasteiger partial charge in [-0.05, 0) is 63.4 Å². The maximum absolute atomic E-state index is 3.71. The molecular formula is C16H25BrN2. The van der Waals surface area contributed by atoms with E-state index in [2.05, 4.69) is 65.1 Å². The second-order valence-electron chi connectivity index (χ2n) is 5.64. The average Bonchev–Trinajstić information content (AvgIpc) is 2.44. The molecule has 0 spiro atoms. The molecule has 1 saturated heterocycles. The van der Waals surface area contributed by atoms with Gasteiger partial charge in [0, 0.05) is 22.7 Å². The molecule has 2 unspecified atom stereocenters. The normalized spacial score (nSPS) is 22.2. The zero-order valence-electron chi connectivity index (χ0n) is 12.2. The average molecular weight is 325 g/mol. The van der Waals surface area contributed by atoms with Crippen LogP contribution in [-0.4, -0.2) is 30.6 Å². The van der Waals surface area contributed by atoms with E-state index in [1.165, 1.54) is 48.2 Å². The van der Waals surface area contributed by atoms with Crippen LogP contribution in [0.2, 0.25) is 0 Å². The molecule has 2 rings (SSSR count). The number of nitrogens with one attached hydrogen (secondary N) is 1. The Bertz CT molecular complexity index is 419. The number of piperidine rings is 1. The summed E-state index contributed by atoms with van der Waals surface area (Å²) in [5.41, 5.74) is 2.56. The summed E-state index contributed by atoms with van der Waals surface area (Å²) < 4.78 is 1.18. The highest BCUT2D eigenvalue weighted by molar-refractivity contribution is 9.10. The summed E-state index contributed by atoms with van der Waals surface area (Å²) in [5, 5.41) is 3.71. The molecular weight excluding hydrogens is 300 g/mol. The van der Waals surface area contributed by atoms with Crippen LogP contribution < -0.4 is 5.32 Å². The van der Waals surface area contributed by atoms with Crippen LogP contribution in [0, 0.1) is 12.8 Å². The van der Waals surface area contributed by atoms with E-state index in [9.17, 15) is 0 Å². The van der Waals surface area contributed by atoms with Gasteiger partial charge in [0.1, 0.15) is 0 Å². The predicted molar refractivity (Wildman–Crippen MR) is 86.8 cm³/mol. The standard InChI is InChI=1S/C16H25BrN2/c1-4-19-10-6-7-14(11-19)13(3)18-16-9-5-8-15(17)12(16)2/h5,8-9,13-14,18H,4,6-7,10-11H2,1-3H3. The number of hydrogen-bond acceptors (Lipinski definition) is 2. The highest BCUT2D eigenvalue weighted by atomic mass is 79.9. The molecule has 0 radical (unpaired) electrons. The number of rotatable bonds is 4. The fraction of sp³-hybridized carbons (Fsp3) is 0.625. The summed E-state index contributed by atoms with van der Waals surface area (Å²) in [7, 11) is 0. The molecule has 1 aromatic rings. The van der Waals surface area contributed by atoms with Gasteiger partial charge in [-0.3, -0.25) is 0 Å². The smallest absolute Gasteiger partial charge is 0.0383 e. The summed E-state index contributed by atoms with van der Waals surface area (Å²) in [6, 6.07) is 6.91. The molecule has 1 aliphatic rings. The van der Waals surface area contributed by atoms with Crippen molar-refractivity contribution < 1.29 is 0 Å². The van der Waals surface area contributed by atoms with Gasteiger partial charge in [0.15, 0.2) is 0 Å². The molecule has 1 N–H and O–H groups in total. The molecule has 0 saturated carbocycles. The lowest BCUT2D eigenvalue weighted by Crippen LogP contribution is -2.41. The molecule has 0 amide bonds. The van der Waals surface area contributed by atoms with Crippen LogP contribution in [0.15, 0.2) is 22.7 Å². The van der Waals surface area contributed by atoms with Gasteiger partial charge in [-0.2, -0.15) is 0 Å². The Kier molecular flexibility index (Phi) is 5.28. The Balaban J connectivity index is 2.00. The Hall–Kier alpha value is -0.540. The first-order valence-electron chi connectivity index (χ1n) is 7.35. The van der Waals surface area contributed by atoms with Crippen molar-refractivity contribution in [2.75, 3.05) is 25.0 Å². The predicted octanol–water partition coefficient (Wildman–Crippen LogP) is 4.29. The lowest BCUT2D eigenvalue weighted by molar-refractivity contribution is 0.172. The van der Waals surface area contributed by atoms with E-state index in [1.807, 2.05) is 0 Å². The van der Waals surface area contributed by atoms with Crippen LogP contribution >= 0.6 is 15.9 Å². The number of halogens is 1. The monoisotopic (exact) mass is 324 g/mol. The quantitative estimate of drug-likeness (QED) is 0.888. The van der Waals surface area contributed by atoms with Crippen molar-refractivity contribution in [3.63, 3.8) is 0 Å². The summed E-state index contributed by atoms with van der Waals surface area (Å²) >= 11 is 3.60. The molecule has 1 heterocycles. The Morgan fingerprint density at radius 2 is 2.26 bits per heavy atom. The van der Waals surface area contributed by atoms with Gasteiger partial charge in [-0.1, -0.05) is 28.9 Å². The summed E-state index contributed by atoms with van der Waals surface area (Å²) in [5.74, 6) is 0.757. The van der Waals surface area contributed by atoms with Gasteiger partial charge in [0.05, 0.1) is 0 Å². The fourth-order valence-corrected chi connectivity index (χ4v) is 3.28. The van der Waals surface area contributed by atoms with Gasteiger partial charge in [0.2, 0.25) is 0 Å². The highest BCUT2D eigenvalue weighted by Gasteiger charge is 2.24. The molecule has 0 bridgehead atoms. The second kappa shape index (κ2) is 6.76. The molecule has 2 nitrogen and oxygen atoms in total. The van der Waals surface area contributed by atoms with Crippen LogP contribution in [0.5, 0.6) is 0 Å². The second-order valence-corrected chi connectivity index (χ2v) is 6.50. The number of hydrogen-bond donors (Lipinski definition) is 1. The number of benzene rings is 1. The molecule has 106 valence electrons. The van der Waals surface area contributed by atoms with Crippen molar-refractivity contribution in [2.24, 2.45) is 5.92 Å². The van der Waals surface area contributed by atoms with Gasteiger partial charge in [-0.25, -0.2) is 0 Å². The van der Waals surface area contributed by atoms with Crippen molar-refractivity contribution in [1.82, 2.24) is 4.90 Å². The Morgan fingerprint density at radius 1 is 1.47 bits per heavy atom. The first-order valence-corrected chi connectivity index (χ1v) is 8.15.